The second-order valence-corrected chi connectivity index (χ2v) is 10.6. The Kier molecular flexibility index (Phi) is 8.75. The van der Waals surface area contributed by atoms with Gasteiger partial charge in [0.2, 0.25) is 0 Å². The van der Waals surface area contributed by atoms with E-state index in [4.69, 9.17) is 0 Å². The largest absolute Gasteiger partial charge is 0.573 e. The number of rotatable bonds is 6. The van der Waals surface area contributed by atoms with Gasteiger partial charge in [0.25, 0.3) is 6.10 Å². The van der Waals surface area contributed by atoms with Crippen molar-refractivity contribution in [3.8, 4) is 5.75 Å². The Hall–Kier alpha value is -2.42. The van der Waals surface area contributed by atoms with E-state index in [-0.39, 0.29) is 38.2 Å². The third-order valence-corrected chi connectivity index (χ3v) is 7.74. The summed E-state index contributed by atoms with van der Waals surface area (Å²) in [7, 11) is 0. The number of nitrogens with zero attached hydrogens (tertiary/aromatic N) is 3. The molecule has 1 amide bonds. The number of alkyl halides is 9. The van der Waals surface area contributed by atoms with Crippen molar-refractivity contribution in [3.05, 3.63) is 29.3 Å². The van der Waals surface area contributed by atoms with E-state index in [9.17, 15) is 44.3 Å². The summed E-state index contributed by atoms with van der Waals surface area (Å²) < 4.78 is 124. The van der Waals surface area contributed by atoms with Crippen LogP contribution in [0.2, 0.25) is 0 Å². The second-order valence-electron chi connectivity index (χ2n) is 10.6. The average molecular weight is 592 g/mol. The minimum absolute atomic E-state index is 0.116. The molecule has 0 aliphatic carbocycles. The number of hydrogen-bond acceptors (Lipinski definition) is 5. The van der Waals surface area contributed by atoms with Crippen LogP contribution in [0.5, 0.6) is 5.75 Å². The second kappa shape index (κ2) is 11.5. The lowest BCUT2D eigenvalue weighted by Crippen LogP contribution is -2.54. The van der Waals surface area contributed by atoms with Crippen LogP contribution < -0.4 is 4.74 Å². The van der Waals surface area contributed by atoms with Crippen molar-refractivity contribution in [2.45, 2.75) is 82.0 Å². The molecule has 1 aromatic carbocycles. The van der Waals surface area contributed by atoms with Crippen LogP contribution in [-0.4, -0.2) is 83.9 Å². The highest BCUT2D eigenvalue weighted by Crippen LogP contribution is 2.41. The molecule has 0 radical (unpaired) electrons. The summed E-state index contributed by atoms with van der Waals surface area (Å²) >= 11 is 0. The molecule has 226 valence electrons. The number of amides is 1. The number of halogens is 9. The van der Waals surface area contributed by atoms with Crippen LogP contribution in [0.1, 0.15) is 49.7 Å². The van der Waals surface area contributed by atoms with Crippen LogP contribution in [0.4, 0.5) is 44.3 Å². The predicted molar refractivity (Wildman–Crippen MR) is 123 cm³/mol. The molecule has 6 nitrogen and oxygen atoms in total. The molecule has 3 saturated heterocycles. The molecule has 15 heteroatoms. The Morgan fingerprint density at radius 2 is 1.35 bits per heavy atom. The SMILES string of the molecule is O=C(OC(C(F)(F)F)C(F)(F)F)N1CCC2(CCCN2Cc2cc(CN3CCCC3)cc(OC(F)(F)F)c2)CC1. The summed E-state index contributed by atoms with van der Waals surface area (Å²) in [6, 6.07) is 4.52. The van der Waals surface area contributed by atoms with E-state index in [2.05, 4.69) is 19.3 Å². The third-order valence-electron chi connectivity index (χ3n) is 7.74. The van der Waals surface area contributed by atoms with Gasteiger partial charge in [0.15, 0.2) is 0 Å². The zero-order valence-corrected chi connectivity index (χ0v) is 21.5. The lowest BCUT2D eigenvalue weighted by molar-refractivity contribution is -0.308. The number of carbonyl (C=O) groups excluding carboxylic acids is 1. The molecule has 3 aliphatic rings. The van der Waals surface area contributed by atoms with Crippen molar-refractivity contribution in [1.82, 2.24) is 14.7 Å². The number of ether oxygens (including phenoxy) is 2. The van der Waals surface area contributed by atoms with E-state index in [1.807, 2.05) is 6.07 Å². The fourth-order valence-corrected chi connectivity index (χ4v) is 5.93. The zero-order chi connectivity index (χ0) is 29.3. The molecule has 3 aliphatic heterocycles. The number of piperidine rings is 1. The van der Waals surface area contributed by atoms with Gasteiger partial charge in [0.1, 0.15) is 5.75 Å². The topological polar surface area (TPSA) is 45.2 Å². The summed E-state index contributed by atoms with van der Waals surface area (Å²) in [4.78, 5) is 17.2. The average Bonchev–Trinajstić information content (AvgIpc) is 3.45. The molecule has 0 bridgehead atoms. The van der Waals surface area contributed by atoms with Gasteiger partial charge in [-0.05, 0) is 81.4 Å². The van der Waals surface area contributed by atoms with Gasteiger partial charge in [-0.25, -0.2) is 4.79 Å². The zero-order valence-electron chi connectivity index (χ0n) is 21.5. The van der Waals surface area contributed by atoms with Gasteiger partial charge in [0.05, 0.1) is 0 Å². The van der Waals surface area contributed by atoms with Gasteiger partial charge in [-0.2, -0.15) is 26.3 Å². The first-order chi connectivity index (χ1) is 18.5. The van der Waals surface area contributed by atoms with Gasteiger partial charge in [-0.3, -0.25) is 9.80 Å². The van der Waals surface area contributed by atoms with Gasteiger partial charge in [-0.15, -0.1) is 13.2 Å². The van der Waals surface area contributed by atoms with E-state index in [0.717, 1.165) is 37.3 Å². The van der Waals surface area contributed by atoms with E-state index < -0.39 is 36.5 Å². The van der Waals surface area contributed by atoms with Crippen LogP contribution in [0, 0.1) is 0 Å². The lowest BCUT2D eigenvalue weighted by Gasteiger charge is -2.45. The minimum Gasteiger partial charge on any atom is -0.426 e. The predicted octanol–water partition coefficient (Wildman–Crippen LogP) is 6.24. The number of hydrogen-bond donors (Lipinski definition) is 0. The first kappa shape index (κ1) is 30.5. The Balaban J connectivity index is 1.44. The normalized spacial score (nSPS) is 21.0. The van der Waals surface area contributed by atoms with Crippen molar-refractivity contribution in [1.29, 1.82) is 0 Å². The monoisotopic (exact) mass is 591 g/mol. The van der Waals surface area contributed by atoms with E-state index in [1.54, 1.807) is 0 Å². The molecule has 40 heavy (non-hydrogen) atoms. The van der Waals surface area contributed by atoms with E-state index >= 15 is 0 Å². The molecular weight excluding hydrogens is 561 g/mol. The van der Waals surface area contributed by atoms with Crippen molar-refractivity contribution < 1.29 is 53.8 Å². The van der Waals surface area contributed by atoms with E-state index in [1.165, 1.54) is 12.1 Å². The molecule has 0 atom stereocenters. The molecule has 0 unspecified atom stereocenters. The number of likely N-dealkylation sites (tertiary alicyclic amines) is 3. The van der Waals surface area contributed by atoms with E-state index in [0.29, 0.717) is 30.6 Å². The maximum Gasteiger partial charge on any atom is 0.573 e. The third kappa shape index (κ3) is 7.65. The van der Waals surface area contributed by atoms with Crippen LogP contribution >= 0.6 is 0 Å². The summed E-state index contributed by atoms with van der Waals surface area (Å²) in [6.45, 7) is 2.81. The summed E-state index contributed by atoms with van der Waals surface area (Å²) in [6.07, 6.45) is -18.4. The van der Waals surface area contributed by atoms with Gasteiger partial charge >= 0.3 is 24.8 Å². The summed E-state index contributed by atoms with van der Waals surface area (Å²) in [5.74, 6) is -0.325. The van der Waals surface area contributed by atoms with Crippen LogP contribution in [0.15, 0.2) is 18.2 Å². The van der Waals surface area contributed by atoms with Crippen LogP contribution in [0.25, 0.3) is 0 Å². The highest BCUT2D eigenvalue weighted by atomic mass is 19.4. The molecular formula is C25H30F9N3O3. The van der Waals surface area contributed by atoms with Gasteiger partial charge < -0.3 is 14.4 Å². The first-order valence-electron chi connectivity index (χ1n) is 13.0. The standard InChI is InChI=1S/C25H30F9N3O3/c26-23(27,28)20(24(29,30)31)39-21(38)36-10-5-22(6-11-36)4-3-9-37(22)16-18-12-17(15-35-7-1-2-8-35)13-19(14-18)40-25(32,33)34/h12-14,20H,1-11,15-16H2. The van der Waals surface area contributed by atoms with Crippen LogP contribution in [-0.2, 0) is 17.8 Å². The highest BCUT2D eigenvalue weighted by Gasteiger charge is 2.60. The first-order valence-corrected chi connectivity index (χ1v) is 13.0. The molecule has 0 aromatic heterocycles. The Morgan fingerprint density at radius 3 is 1.90 bits per heavy atom. The lowest BCUT2D eigenvalue weighted by atomic mass is 9.85. The van der Waals surface area contributed by atoms with Crippen molar-refractivity contribution >= 4 is 6.09 Å². The molecule has 4 rings (SSSR count). The van der Waals surface area contributed by atoms with Gasteiger partial charge in [0, 0.05) is 31.7 Å². The molecule has 0 saturated carbocycles. The maximum atomic E-state index is 13.0. The molecule has 0 N–H and O–H groups in total. The molecule has 3 heterocycles. The minimum atomic E-state index is -5.80. The molecule has 1 spiro atoms. The smallest absolute Gasteiger partial charge is 0.426 e. The molecule has 3 fully saturated rings. The Labute approximate surface area is 225 Å². The molecule has 1 aromatic rings. The summed E-state index contributed by atoms with van der Waals surface area (Å²) in [5.41, 5.74) is 0.769. The maximum absolute atomic E-state index is 13.0. The Morgan fingerprint density at radius 1 is 0.775 bits per heavy atom. The van der Waals surface area contributed by atoms with Crippen molar-refractivity contribution in [2.75, 3.05) is 32.7 Å². The summed E-state index contributed by atoms with van der Waals surface area (Å²) in [5, 5.41) is 0. The fourth-order valence-electron chi connectivity index (χ4n) is 5.93. The van der Waals surface area contributed by atoms with Crippen molar-refractivity contribution in [2.24, 2.45) is 0 Å². The van der Waals surface area contributed by atoms with Crippen molar-refractivity contribution in [3.63, 3.8) is 0 Å². The number of carbonyl (C=O) groups is 1. The Bertz CT molecular complexity index is 1020. The van der Waals surface area contributed by atoms with Gasteiger partial charge in [-0.1, -0.05) is 6.07 Å². The highest BCUT2D eigenvalue weighted by molar-refractivity contribution is 5.68. The quantitative estimate of drug-likeness (QED) is 0.367. The van der Waals surface area contributed by atoms with Crippen LogP contribution in [0.3, 0.4) is 0 Å². The fraction of sp³-hybridized carbons (Fsp3) is 0.720. The number of benzene rings is 1.